The summed E-state index contributed by atoms with van der Waals surface area (Å²) in [6.07, 6.45) is 2.67. The highest BCUT2D eigenvalue weighted by Gasteiger charge is 2.21. The molecular formula is C11H11N3O4. The monoisotopic (exact) mass is 249 g/mol. The lowest BCUT2D eigenvalue weighted by molar-refractivity contribution is -0.131. The summed E-state index contributed by atoms with van der Waals surface area (Å²) in [5, 5.41) is 23.2. The fourth-order valence-electron chi connectivity index (χ4n) is 1.47. The third kappa shape index (κ3) is 2.64. The summed E-state index contributed by atoms with van der Waals surface area (Å²) in [6, 6.07) is 1.64. The molecule has 1 unspecified atom stereocenters. The second kappa shape index (κ2) is 4.84. The van der Waals surface area contributed by atoms with Crippen LogP contribution in [0.1, 0.15) is 5.56 Å². The molecule has 0 fully saturated rings. The molecule has 7 heteroatoms. The van der Waals surface area contributed by atoms with Gasteiger partial charge in [-0.05, 0) is 17.7 Å². The number of aliphatic hydroxyl groups excluding tert-OH is 1. The lowest BCUT2D eigenvalue weighted by Gasteiger charge is -2.06. The summed E-state index contributed by atoms with van der Waals surface area (Å²) < 4.78 is 0. The van der Waals surface area contributed by atoms with Crippen molar-refractivity contribution in [2.75, 3.05) is 17.2 Å². The van der Waals surface area contributed by atoms with Crippen molar-refractivity contribution in [3.63, 3.8) is 0 Å². The maximum absolute atomic E-state index is 11.3. The van der Waals surface area contributed by atoms with E-state index in [-0.39, 0.29) is 6.54 Å². The largest absolute Gasteiger partial charge is 0.478 e. The predicted octanol–water partition coefficient (Wildman–Crippen LogP) is -0.0957. The van der Waals surface area contributed by atoms with E-state index in [1.165, 1.54) is 12.3 Å². The van der Waals surface area contributed by atoms with Crippen LogP contribution < -0.4 is 10.6 Å². The second-order valence-electron chi connectivity index (χ2n) is 3.72. The fourth-order valence-corrected chi connectivity index (χ4v) is 1.47. The van der Waals surface area contributed by atoms with Crippen molar-refractivity contribution < 1.29 is 19.8 Å². The van der Waals surface area contributed by atoms with E-state index in [1.54, 1.807) is 6.07 Å². The maximum atomic E-state index is 11.3. The first-order valence-corrected chi connectivity index (χ1v) is 5.20. The number of aliphatic carboxylic acids is 1. The van der Waals surface area contributed by atoms with Crippen LogP contribution in [0, 0.1) is 0 Å². The molecule has 0 saturated carbocycles. The Kier molecular flexibility index (Phi) is 3.24. The zero-order valence-electron chi connectivity index (χ0n) is 9.25. The topological polar surface area (TPSA) is 112 Å². The zero-order chi connectivity index (χ0) is 13.1. The molecule has 94 valence electrons. The van der Waals surface area contributed by atoms with Crippen molar-refractivity contribution in [1.29, 1.82) is 0 Å². The quantitative estimate of drug-likeness (QED) is 0.545. The molecule has 4 N–H and O–H groups in total. The summed E-state index contributed by atoms with van der Waals surface area (Å²) >= 11 is 0. The van der Waals surface area contributed by atoms with E-state index in [0.717, 1.165) is 6.08 Å². The van der Waals surface area contributed by atoms with Crippen molar-refractivity contribution in [3.05, 3.63) is 23.9 Å². The Labute approximate surface area is 102 Å². The van der Waals surface area contributed by atoms with Gasteiger partial charge >= 0.3 is 5.97 Å². The molecule has 0 aromatic carbocycles. The highest BCUT2D eigenvalue weighted by molar-refractivity contribution is 5.97. The summed E-state index contributed by atoms with van der Waals surface area (Å²) in [5.41, 5.74) is 1.11. The van der Waals surface area contributed by atoms with Crippen molar-refractivity contribution >= 4 is 29.5 Å². The average Bonchev–Trinajstić information content (AvgIpc) is 2.47. The number of β-amino-alcohol motifs (C(OH)–C–C–N with tert-alkyl or cyclic N) is 1. The van der Waals surface area contributed by atoms with E-state index in [0.29, 0.717) is 17.1 Å². The Bertz CT molecular complexity index is 527. The molecule has 7 nitrogen and oxygen atoms in total. The van der Waals surface area contributed by atoms with Crippen LogP contribution in [-0.2, 0) is 9.59 Å². The molecule has 0 bridgehead atoms. The molecule has 1 atom stereocenters. The Morgan fingerprint density at radius 3 is 3.06 bits per heavy atom. The van der Waals surface area contributed by atoms with Crippen LogP contribution in [0.4, 0.5) is 11.5 Å². The summed E-state index contributed by atoms with van der Waals surface area (Å²) in [5.74, 6) is -1.27. The van der Waals surface area contributed by atoms with Crippen molar-refractivity contribution in [2.24, 2.45) is 0 Å². The molecule has 2 rings (SSSR count). The summed E-state index contributed by atoms with van der Waals surface area (Å²) in [4.78, 5) is 25.7. The molecule has 1 aromatic heterocycles. The normalized spacial score (nSPS) is 18.7. The first-order chi connectivity index (χ1) is 8.56. The number of pyridine rings is 1. The van der Waals surface area contributed by atoms with E-state index >= 15 is 0 Å². The van der Waals surface area contributed by atoms with Gasteiger partial charge in [0.25, 0.3) is 5.91 Å². The van der Waals surface area contributed by atoms with Crippen molar-refractivity contribution in [1.82, 2.24) is 4.98 Å². The Morgan fingerprint density at radius 1 is 1.56 bits per heavy atom. The lowest BCUT2D eigenvalue weighted by Crippen LogP contribution is -2.30. The minimum atomic E-state index is -1.14. The van der Waals surface area contributed by atoms with Gasteiger partial charge in [-0.25, -0.2) is 9.78 Å². The molecule has 18 heavy (non-hydrogen) atoms. The molecule has 1 amide bonds. The fraction of sp³-hybridized carbons (Fsp3) is 0.182. The van der Waals surface area contributed by atoms with Crippen LogP contribution in [0.25, 0.3) is 6.08 Å². The third-order valence-electron chi connectivity index (χ3n) is 2.36. The van der Waals surface area contributed by atoms with Gasteiger partial charge in [-0.1, -0.05) is 0 Å². The SMILES string of the molecule is O=C(O)/C=C/c1cnc2c(c1)NCC(O)C(=O)N2. The van der Waals surface area contributed by atoms with Gasteiger partial charge in [-0.2, -0.15) is 0 Å². The number of rotatable bonds is 2. The number of aliphatic hydroxyl groups is 1. The number of carbonyl (C=O) groups excluding carboxylic acids is 1. The first kappa shape index (κ1) is 12.1. The smallest absolute Gasteiger partial charge is 0.328 e. The van der Waals surface area contributed by atoms with Crippen LogP contribution in [0.3, 0.4) is 0 Å². The molecule has 0 spiro atoms. The number of carboxylic acids is 1. The summed E-state index contributed by atoms with van der Waals surface area (Å²) in [6.45, 7) is 0.0760. The van der Waals surface area contributed by atoms with Gasteiger partial charge in [0.15, 0.2) is 5.82 Å². The number of aromatic nitrogens is 1. The van der Waals surface area contributed by atoms with E-state index in [4.69, 9.17) is 5.11 Å². The Balaban J connectivity index is 2.28. The number of carbonyl (C=O) groups is 2. The van der Waals surface area contributed by atoms with Gasteiger partial charge in [0.1, 0.15) is 6.10 Å². The molecule has 1 aliphatic heterocycles. The minimum Gasteiger partial charge on any atom is -0.478 e. The van der Waals surface area contributed by atoms with E-state index < -0.39 is 18.0 Å². The predicted molar refractivity (Wildman–Crippen MR) is 64.0 cm³/mol. The molecule has 0 saturated heterocycles. The van der Waals surface area contributed by atoms with Crippen molar-refractivity contribution in [2.45, 2.75) is 6.10 Å². The third-order valence-corrected chi connectivity index (χ3v) is 2.36. The standard InChI is InChI=1S/C11H11N3O4/c15-8-5-12-7-3-6(1-2-9(16)17)4-13-10(7)14-11(8)18/h1-4,8,12,15H,5H2,(H,16,17)(H,13,14,18)/b2-1+. The number of amides is 1. The molecular weight excluding hydrogens is 238 g/mol. The Morgan fingerprint density at radius 2 is 2.33 bits per heavy atom. The number of carboxylic acid groups (broad SMARTS) is 1. The second-order valence-corrected chi connectivity index (χ2v) is 3.72. The molecule has 0 aliphatic carbocycles. The molecule has 1 aromatic rings. The van der Waals surface area contributed by atoms with E-state index in [2.05, 4.69) is 15.6 Å². The number of hydrogen-bond acceptors (Lipinski definition) is 5. The Hall–Kier alpha value is -2.41. The van der Waals surface area contributed by atoms with Crippen LogP contribution >= 0.6 is 0 Å². The van der Waals surface area contributed by atoms with E-state index in [9.17, 15) is 14.7 Å². The highest BCUT2D eigenvalue weighted by atomic mass is 16.4. The van der Waals surface area contributed by atoms with Gasteiger partial charge < -0.3 is 20.8 Å². The lowest BCUT2D eigenvalue weighted by atomic mass is 10.2. The van der Waals surface area contributed by atoms with Crippen LogP contribution in [0.2, 0.25) is 0 Å². The van der Waals surface area contributed by atoms with Crippen molar-refractivity contribution in [3.8, 4) is 0 Å². The van der Waals surface area contributed by atoms with Gasteiger partial charge in [0.2, 0.25) is 0 Å². The summed E-state index contributed by atoms with van der Waals surface area (Å²) in [7, 11) is 0. The van der Waals surface area contributed by atoms with Gasteiger partial charge in [-0.3, -0.25) is 4.79 Å². The number of nitrogens with one attached hydrogen (secondary N) is 2. The van der Waals surface area contributed by atoms with E-state index in [1.807, 2.05) is 0 Å². The highest BCUT2D eigenvalue weighted by Crippen LogP contribution is 2.23. The van der Waals surface area contributed by atoms with Crippen LogP contribution in [0.5, 0.6) is 0 Å². The van der Waals surface area contributed by atoms with Gasteiger partial charge in [0.05, 0.1) is 5.69 Å². The maximum Gasteiger partial charge on any atom is 0.328 e. The average molecular weight is 249 g/mol. The van der Waals surface area contributed by atoms with Gasteiger partial charge in [-0.15, -0.1) is 0 Å². The van der Waals surface area contributed by atoms with Gasteiger partial charge in [0, 0.05) is 18.8 Å². The zero-order valence-corrected chi connectivity index (χ0v) is 9.25. The first-order valence-electron chi connectivity index (χ1n) is 5.20. The number of fused-ring (bicyclic) bond motifs is 1. The number of hydrogen-bond donors (Lipinski definition) is 4. The van der Waals surface area contributed by atoms with Crippen LogP contribution in [-0.4, -0.2) is 39.7 Å². The minimum absolute atomic E-state index is 0.0760. The van der Waals surface area contributed by atoms with Crippen LogP contribution in [0.15, 0.2) is 18.3 Å². The molecule has 1 aliphatic rings. The number of nitrogens with zero attached hydrogens (tertiary/aromatic N) is 1. The molecule has 2 heterocycles. The molecule has 0 radical (unpaired) electrons. The number of anilines is 2.